The summed E-state index contributed by atoms with van der Waals surface area (Å²) in [4.78, 5) is 4.20. The Hall–Kier alpha value is -1.46. The first kappa shape index (κ1) is 11.6. The van der Waals surface area contributed by atoms with Crippen molar-refractivity contribution in [3.8, 4) is 0 Å². The fourth-order valence-corrected chi connectivity index (χ4v) is 3.14. The van der Waals surface area contributed by atoms with Gasteiger partial charge in [0.15, 0.2) is 0 Å². The fourth-order valence-electron chi connectivity index (χ4n) is 2.03. The molecule has 0 saturated heterocycles. The Balaban J connectivity index is 2.53. The van der Waals surface area contributed by atoms with Gasteiger partial charge in [0.2, 0.25) is 0 Å². The number of halogens is 1. The molecule has 0 unspecified atom stereocenters. The summed E-state index contributed by atoms with van der Waals surface area (Å²) in [7, 11) is 0. The molecule has 0 fully saturated rings. The highest BCUT2D eigenvalue weighted by atomic mass is 32.1. The number of hydrogen-bond acceptors (Lipinski definition) is 2. The van der Waals surface area contributed by atoms with E-state index in [4.69, 9.17) is 12.2 Å². The molecule has 3 rings (SSSR count). The van der Waals surface area contributed by atoms with Gasteiger partial charge in [-0.2, -0.15) is 0 Å². The van der Waals surface area contributed by atoms with E-state index in [1.54, 1.807) is 17.6 Å². The maximum Gasteiger partial charge on any atom is 0.139 e. The molecule has 18 heavy (non-hydrogen) atoms. The second-order valence-corrected chi connectivity index (χ2v) is 5.42. The molecule has 0 bridgehead atoms. The van der Waals surface area contributed by atoms with Crippen molar-refractivity contribution in [2.75, 3.05) is 0 Å². The van der Waals surface area contributed by atoms with Crippen LogP contribution in [0.15, 0.2) is 24.4 Å². The number of nitrogens with one attached hydrogen (secondary N) is 2. The molecule has 0 aliphatic heterocycles. The lowest BCUT2D eigenvalue weighted by Gasteiger charge is -1.96. The summed E-state index contributed by atoms with van der Waals surface area (Å²) in [6.45, 7) is 2.11. The SMILES string of the molecule is CCc1cc2c(=S)c3[nH]cc(F)ccc3c2[nH]s1. The second-order valence-electron chi connectivity index (χ2n) is 4.08. The van der Waals surface area contributed by atoms with Gasteiger partial charge in [-0.25, -0.2) is 4.39 Å². The molecule has 92 valence electrons. The number of fused-ring (bicyclic) bond motifs is 3. The minimum Gasteiger partial charge on any atom is -0.357 e. The first-order chi connectivity index (χ1) is 8.70. The van der Waals surface area contributed by atoms with Gasteiger partial charge >= 0.3 is 0 Å². The molecule has 0 saturated carbocycles. The monoisotopic (exact) mass is 278 g/mol. The number of rotatable bonds is 1. The predicted molar refractivity (Wildman–Crippen MR) is 77.0 cm³/mol. The molecular weight excluding hydrogens is 267 g/mol. The van der Waals surface area contributed by atoms with Crippen LogP contribution in [0, 0.1) is 10.3 Å². The molecule has 3 aromatic rings. The fraction of sp³-hybridized carbons (Fsp3) is 0.154. The van der Waals surface area contributed by atoms with Gasteiger partial charge in [0.1, 0.15) is 5.82 Å². The molecule has 0 spiro atoms. The van der Waals surface area contributed by atoms with Crippen molar-refractivity contribution in [3.05, 3.63) is 39.6 Å². The zero-order valence-corrected chi connectivity index (χ0v) is 11.3. The van der Waals surface area contributed by atoms with Crippen LogP contribution in [0.5, 0.6) is 0 Å². The third-order valence-corrected chi connectivity index (χ3v) is 4.38. The first-order valence-corrected chi connectivity index (χ1v) is 6.90. The molecule has 0 amide bonds. The lowest BCUT2D eigenvalue weighted by atomic mass is 10.3. The standard InChI is InChI=1S/C13H11FN2S2/c1-2-8-5-10-11(16-18-8)9-4-3-7(14)6-15-12(9)13(10)17/h3-6,15-16H,2H2,1H3. The quantitative estimate of drug-likeness (QED) is 0.621. The molecule has 1 aromatic carbocycles. The molecule has 2 aromatic heterocycles. The van der Waals surface area contributed by atoms with E-state index >= 15 is 0 Å². The van der Waals surface area contributed by atoms with Crippen LogP contribution in [0.2, 0.25) is 0 Å². The molecular formula is C13H11FN2S2. The van der Waals surface area contributed by atoms with E-state index in [0.717, 1.165) is 32.7 Å². The summed E-state index contributed by atoms with van der Waals surface area (Å²) < 4.78 is 17.3. The molecule has 0 radical (unpaired) electrons. The van der Waals surface area contributed by atoms with Gasteiger partial charge < -0.3 is 9.36 Å². The largest absolute Gasteiger partial charge is 0.357 e. The number of aromatic amines is 2. The normalized spacial score (nSPS) is 11.2. The molecule has 0 atom stereocenters. The summed E-state index contributed by atoms with van der Waals surface area (Å²) >= 11 is 7.05. The summed E-state index contributed by atoms with van der Waals surface area (Å²) in [5.41, 5.74) is 1.78. The lowest BCUT2D eigenvalue weighted by Crippen LogP contribution is -1.77. The van der Waals surface area contributed by atoms with E-state index in [0.29, 0.717) is 0 Å². The van der Waals surface area contributed by atoms with E-state index in [1.165, 1.54) is 17.1 Å². The van der Waals surface area contributed by atoms with Crippen molar-refractivity contribution in [1.82, 2.24) is 9.36 Å². The Kier molecular flexibility index (Phi) is 2.80. The zero-order chi connectivity index (χ0) is 12.7. The highest BCUT2D eigenvalue weighted by Crippen LogP contribution is 2.29. The molecule has 2 nitrogen and oxygen atoms in total. The van der Waals surface area contributed by atoms with Crippen molar-refractivity contribution in [3.63, 3.8) is 0 Å². The predicted octanol–water partition coefficient (Wildman–Crippen LogP) is 4.70. The molecule has 0 aliphatic rings. The number of hydrogen-bond donors (Lipinski definition) is 2. The van der Waals surface area contributed by atoms with Crippen molar-refractivity contribution in [2.45, 2.75) is 13.3 Å². The van der Waals surface area contributed by atoms with Crippen LogP contribution >= 0.6 is 23.8 Å². The molecule has 5 heteroatoms. The van der Waals surface area contributed by atoms with Crippen LogP contribution < -0.4 is 0 Å². The van der Waals surface area contributed by atoms with Crippen LogP contribution in [0.4, 0.5) is 4.39 Å². The van der Waals surface area contributed by atoms with Crippen molar-refractivity contribution in [1.29, 1.82) is 0 Å². The third-order valence-electron chi connectivity index (χ3n) is 2.98. The van der Waals surface area contributed by atoms with Crippen LogP contribution in [0.25, 0.3) is 21.8 Å². The lowest BCUT2D eigenvalue weighted by molar-refractivity contribution is 0.625. The maximum atomic E-state index is 13.2. The second kappa shape index (κ2) is 4.33. The average Bonchev–Trinajstić information content (AvgIpc) is 2.53. The van der Waals surface area contributed by atoms with Gasteiger partial charge in [-0.05, 0) is 24.6 Å². The van der Waals surface area contributed by atoms with E-state index in [2.05, 4.69) is 22.3 Å². The van der Waals surface area contributed by atoms with Gasteiger partial charge in [0.25, 0.3) is 0 Å². The van der Waals surface area contributed by atoms with Gasteiger partial charge in [-0.15, -0.1) is 0 Å². The smallest absolute Gasteiger partial charge is 0.139 e. The summed E-state index contributed by atoms with van der Waals surface area (Å²) in [5.74, 6) is -0.303. The Morgan fingerprint density at radius 2 is 2.11 bits per heavy atom. The van der Waals surface area contributed by atoms with E-state index in [9.17, 15) is 4.39 Å². The van der Waals surface area contributed by atoms with Crippen LogP contribution in [-0.2, 0) is 6.42 Å². The topological polar surface area (TPSA) is 31.6 Å². The molecule has 2 N–H and O–H groups in total. The van der Waals surface area contributed by atoms with Gasteiger partial charge in [-0.1, -0.05) is 30.7 Å². The van der Waals surface area contributed by atoms with E-state index < -0.39 is 0 Å². The van der Waals surface area contributed by atoms with Crippen LogP contribution in [-0.4, -0.2) is 9.36 Å². The Morgan fingerprint density at radius 1 is 1.28 bits per heavy atom. The number of H-pyrrole nitrogens is 2. The zero-order valence-electron chi connectivity index (χ0n) is 9.71. The maximum absolute atomic E-state index is 13.2. The minimum absolute atomic E-state index is 0.303. The Labute approximate surface area is 112 Å². The highest BCUT2D eigenvalue weighted by Gasteiger charge is 2.08. The summed E-state index contributed by atoms with van der Waals surface area (Å²) in [5, 5.41) is 1.95. The minimum atomic E-state index is -0.303. The third kappa shape index (κ3) is 1.71. The first-order valence-electron chi connectivity index (χ1n) is 5.68. The van der Waals surface area contributed by atoms with Crippen molar-refractivity contribution in [2.24, 2.45) is 0 Å². The van der Waals surface area contributed by atoms with Crippen LogP contribution in [0.3, 0.4) is 0 Å². The van der Waals surface area contributed by atoms with Gasteiger partial charge in [-0.3, -0.25) is 0 Å². The van der Waals surface area contributed by atoms with Crippen LogP contribution in [0.1, 0.15) is 11.8 Å². The average molecular weight is 278 g/mol. The van der Waals surface area contributed by atoms with Crippen molar-refractivity contribution < 1.29 is 4.39 Å². The number of aryl methyl sites for hydroxylation is 1. The molecule has 0 aliphatic carbocycles. The van der Waals surface area contributed by atoms with Crippen molar-refractivity contribution >= 4 is 45.6 Å². The summed E-state index contributed by atoms with van der Waals surface area (Å²) in [6.07, 6.45) is 2.31. The van der Waals surface area contributed by atoms with Gasteiger partial charge in [0, 0.05) is 21.8 Å². The Morgan fingerprint density at radius 3 is 2.89 bits per heavy atom. The van der Waals surface area contributed by atoms with Gasteiger partial charge in [0.05, 0.1) is 15.5 Å². The molecule has 2 heterocycles. The highest BCUT2D eigenvalue weighted by molar-refractivity contribution is 7.72. The van der Waals surface area contributed by atoms with E-state index in [-0.39, 0.29) is 5.82 Å². The summed E-state index contributed by atoms with van der Waals surface area (Å²) in [6, 6.07) is 5.32. The Bertz CT molecular complexity index is 811. The number of aromatic nitrogens is 2. The van der Waals surface area contributed by atoms with E-state index in [1.807, 2.05) is 0 Å².